The molecule has 98 valence electrons. The lowest BCUT2D eigenvalue weighted by molar-refractivity contribution is 0.0594. The van der Waals surface area contributed by atoms with Crippen molar-refractivity contribution < 1.29 is 19.0 Å². The summed E-state index contributed by atoms with van der Waals surface area (Å²) in [5, 5.41) is 0.827. The van der Waals surface area contributed by atoms with Crippen LogP contribution in [0.2, 0.25) is 0 Å². The molecule has 19 heavy (non-hydrogen) atoms. The van der Waals surface area contributed by atoms with Crippen molar-refractivity contribution in [2.45, 2.75) is 0 Å². The van der Waals surface area contributed by atoms with E-state index >= 15 is 0 Å². The van der Waals surface area contributed by atoms with E-state index in [1.54, 1.807) is 20.3 Å². The van der Waals surface area contributed by atoms with Crippen LogP contribution < -0.4 is 14.9 Å². The number of benzene rings is 1. The highest BCUT2D eigenvalue weighted by Gasteiger charge is 2.15. The second-order valence-corrected chi connectivity index (χ2v) is 3.99. The van der Waals surface area contributed by atoms with Crippen molar-refractivity contribution in [2.24, 2.45) is 0 Å². The lowest BCUT2D eigenvalue weighted by atomic mass is 9.91. The third-order valence-corrected chi connectivity index (χ3v) is 2.98. The van der Waals surface area contributed by atoms with E-state index in [1.807, 2.05) is 20.0 Å². The number of nitrogens with zero attached hydrogens (tertiary/aromatic N) is 1. The molecule has 0 aliphatic carbocycles. The predicted octanol–water partition coefficient (Wildman–Crippen LogP) is 0.297. The molecule has 2 aromatic rings. The number of esters is 1. The van der Waals surface area contributed by atoms with Gasteiger partial charge >= 0.3 is 5.97 Å². The standard InChI is InChI=1S/C13H14BNO4/c1-17-9-5-4-7-10(18-2)6-8(13(16)19-3)15-12(7)11(9)14/h4-6H,14H2,1-3H3. The third kappa shape index (κ3) is 2.21. The number of hydrogen-bond donors (Lipinski definition) is 0. The smallest absolute Gasteiger partial charge is 0.356 e. The van der Waals surface area contributed by atoms with Crippen LogP contribution in [0.4, 0.5) is 0 Å². The summed E-state index contributed by atoms with van der Waals surface area (Å²) in [7, 11) is 6.35. The first kappa shape index (κ1) is 13.2. The molecule has 2 rings (SSSR count). The van der Waals surface area contributed by atoms with E-state index in [4.69, 9.17) is 14.2 Å². The molecule has 1 aromatic carbocycles. The molecular weight excluding hydrogens is 245 g/mol. The van der Waals surface area contributed by atoms with Gasteiger partial charge in [-0.3, -0.25) is 0 Å². The fraction of sp³-hybridized carbons (Fsp3) is 0.231. The number of ether oxygens (including phenoxy) is 3. The lowest BCUT2D eigenvalue weighted by Gasteiger charge is -2.12. The number of methoxy groups -OCH3 is 3. The van der Waals surface area contributed by atoms with E-state index in [1.165, 1.54) is 7.11 Å². The Kier molecular flexibility index (Phi) is 3.60. The van der Waals surface area contributed by atoms with E-state index in [-0.39, 0.29) is 5.69 Å². The van der Waals surface area contributed by atoms with Crippen LogP contribution in [-0.2, 0) is 4.74 Å². The second-order valence-electron chi connectivity index (χ2n) is 3.99. The van der Waals surface area contributed by atoms with Gasteiger partial charge in [0.1, 0.15) is 19.3 Å². The number of carbonyl (C=O) groups excluding carboxylic acids is 1. The van der Waals surface area contributed by atoms with Gasteiger partial charge in [-0.2, -0.15) is 0 Å². The Morgan fingerprint density at radius 1 is 1.16 bits per heavy atom. The minimum Gasteiger partial charge on any atom is -0.497 e. The Hall–Kier alpha value is -2.24. The van der Waals surface area contributed by atoms with Gasteiger partial charge in [0.25, 0.3) is 0 Å². The van der Waals surface area contributed by atoms with E-state index in [0.717, 1.165) is 10.8 Å². The van der Waals surface area contributed by atoms with Gasteiger partial charge in [0.2, 0.25) is 0 Å². The van der Waals surface area contributed by atoms with Gasteiger partial charge in [-0.25, -0.2) is 9.78 Å². The summed E-state index contributed by atoms with van der Waals surface area (Å²) < 4.78 is 15.3. The maximum absolute atomic E-state index is 11.6. The monoisotopic (exact) mass is 259 g/mol. The summed E-state index contributed by atoms with van der Waals surface area (Å²) in [6.45, 7) is 0. The molecule has 0 unspecified atom stereocenters. The molecule has 0 fully saturated rings. The zero-order valence-corrected chi connectivity index (χ0v) is 11.3. The molecule has 5 nitrogen and oxygen atoms in total. The van der Waals surface area contributed by atoms with Crippen molar-refractivity contribution in [3.8, 4) is 11.5 Å². The van der Waals surface area contributed by atoms with Crippen molar-refractivity contribution in [1.29, 1.82) is 0 Å². The Balaban J connectivity index is 2.78. The highest BCUT2D eigenvalue weighted by Crippen LogP contribution is 2.26. The van der Waals surface area contributed by atoms with Crippen molar-refractivity contribution in [1.82, 2.24) is 4.98 Å². The molecule has 1 heterocycles. The minimum atomic E-state index is -0.498. The van der Waals surface area contributed by atoms with Gasteiger partial charge < -0.3 is 14.2 Å². The molecule has 6 heteroatoms. The van der Waals surface area contributed by atoms with Crippen LogP contribution in [0, 0.1) is 0 Å². The first-order valence-electron chi connectivity index (χ1n) is 5.73. The fourth-order valence-corrected chi connectivity index (χ4v) is 1.98. The molecule has 1 aromatic heterocycles. The molecule has 0 radical (unpaired) electrons. The molecule has 0 atom stereocenters. The fourth-order valence-electron chi connectivity index (χ4n) is 1.98. The van der Waals surface area contributed by atoms with Crippen LogP contribution in [0.15, 0.2) is 18.2 Å². The van der Waals surface area contributed by atoms with Crippen LogP contribution in [0.1, 0.15) is 10.5 Å². The average molecular weight is 259 g/mol. The number of rotatable bonds is 3. The van der Waals surface area contributed by atoms with Gasteiger partial charge in [-0.1, -0.05) is 0 Å². The molecule has 0 N–H and O–H groups in total. The first-order chi connectivity index (χ1) is 9.12. The van der Waals surface area contributed by atoms with Gasteiger partial charge in [0.15, 0.2) is 5.69 Å². The summed E-state index contributed by atoms with van der Waals surface area (Å²) >= 11 is 0. The van der Waals surface area contributed by atoms with Gasteiger partial charge in [0, 0.05) is 11.5 Å². The van der Waals surface area contributed by atoms with E-state index < -0.39 is 5.97 Å². The molecule has 0 amide bonds. The molecule has 0 spiro atoms. The largest absolute Gasteiger partial charge is 0.497 e. The molecular formula is C13H14BNO4. The minimum absolute atomic E-state index is 0.211. The van der Waals surface area contributed by atoms with Crippen molar-refractivity contribution in [3.63, 3.8) is 0 Å². The van der Waals surface area contributed by atoms with E-state index in [0.29, 0.717) is 17.0 Å². The van der Waals surface area contributed by atoms with Gasteiger partial charge in [0.05, 0.1) is 26.8 Å². The van der Waals surface area contributed by atoms with Crippen LogP contribution in [-0.4, -0.2) is 40.1 Å². The molecule has 0 bridgehead atoms. The lowest BCUT2D eigenvalue weighted by Crippen LogP contribution is -2.13. The van der Waals surface area contributed by atoms with Crippen LogP contribution in [0.5, 0.6) is 11.5 Å². The third-order valence-electron chi connectivity index (χ3n) is 2.98. The maximum Gasteiger partial charge on any atom is 0.356 e. The molecule has 0 aliphatic rings. The SMILES string of the molecule is Bc1c(OC)ccc2c(OC)cc(C(=O)OC)nc12. The summed E-state index contributed by atoms with van der Waals surface area (Å²) in [5.41, 5.74) is 1.73. The zero-order valence-electron chi connectivity index (χ0n) is 11.3. The summed E-state index contributed by atoms with van der Waals surface area (Å²) in [6.07, 6.45) is 0. The van der Waals surface area contributed by atoms with E-state index in [9.17, 15) is 4.79 Å². The highest BCUT2D eigenvalue weighted by atomic mass is 16.5. The van der Waals surface area contributed by atoms with Crippen LogP contribution >= 0.6 is 0 Å². The Morgan fingerprint density at radius 2 is 1.84 bits per heavy atom. The maximum atomic E-state index is 11.6. The molecule has 0 saturated heterocycles. The highest BCUT2D eigenvalue weighted by molar-refractivity contribution is 6.40. The number of carbonyl (C=O) groups is 1. The summed E-state index contributed by atoms with van der Waals surface area (Å²) in [4.78, 5) is 15.9. The Bertz CT molecular complexity index is 642. The first-order valence-corrected chi connectivity index (χ1v) is 5.73. The average Bonchev–Trinajstić information content (AvgIpc) is 2.46. The summed E-state index contributed by atoms with van der Waals surface area (Å²) in [5.74, 6) is 0.794. The number of aromatic nitrogens is 1. The molecule has 0 aliphatic heterocycles. The van der Waals surface area contributed by atoms with E-state index in [2.05, 4.69) is 4.98 Å². The Labute approximate surface area is 111 Å². The molecule has 0 saturated carbocycles. The van der Waals surface area contributed by atoms with Crippen molar-refractivity contribution >= 4 is 30.2 Å². The zero-order chi connectivity index (χ0) is 14.0. The second kappa shape index (κ2) is 5.18. The van der Waals surface area contributed by atoms with Crippen molar-refractivity contribution in [2.75, 3.05) is 21.3 Å². The summed E-state index contributed by atoms with van der Waals surface area (Å²) in [6, 6.07) is 5.27. The Morgan fingerprint density at radius 3 is 2.42 bits per heavy atom. The quantitative estimate of drug-likeness (QED) is 0.586. The van der Waals surface area contributed by atoms with Crippen molar-refractivity contribution in [3.05, 3.63) is 23.9 Å². The number of pyridine rings is 1. The topological polar surface area (TPSA) is 57.7 Å². The van der Waals surface area contributed by atoms with Gasteiger partial charge in [-0.15, -0.1) is 0 Å². The number of fused-ring (bicyclic) bond motifs is 1. The van der Waals surface area contributed by atoms with Crippen LogP contribution in [0.25, 0.3) is 10.9 Å². The predicted molar refractivity (Wildman–Crippen MR) is 74.4 cm³/mol. The van der Waals surface area contributed by atoms with Gasteiger partial charge in [-0.05, 0) is 17.6 Å². The number of hydrogen-bond acceptors (Lipinski definition) is 5. The van der Waals surface area contributed by atoms with Crippen LogP contribution in [0.3, 0.4) is 0 Å². The normalized spacial score (nSPS) is 10.3.